The van der Waals surface area contributed by atoms with E-state index in [0.717, 1.165) is 30.9 Å². The number of nitrogens with zero attached hydrogens (tertiary/aromatic N) is 1. The summed E-state index contributed by atoms with van der Waals surface area (Å²) >= 11 is 0. The summed E-state index contributed by atoms with van der Waals surface area (Å²) in [5.74, 6) is 8.56. The Bertz CT molecular complexity index is 267. The summed E-state index contributed by atoms with van der Waals surface area (Å²) in [6, 6.07) is 0.587. The third kappa shape index (κ3) is 4.81. The topological polar surface area (TPSA) is 20.3 Å². The second-order valence-electron chi connectivity index (χ2n) is 4.47. The van der Waals surface area contributed by atoms with Gasteiger partial charge < -0.3 is 0 Å². The summed E-state index contributed by atoms with van der Waals surface area (Å²) in [5.41, 5.74) is 0. The first-order valence-corrected chi connectivity index (χ1v) is 7.12. The van der Waals surface area contributed by atoms with E-state index in [1.54, 1.807) is 0 Å². The van der Waals surface area contributed by atoms with Gasteiger partial charge in [0.2, 0.25) is 0 Å². The van der Waals surface area contributed by atoms with Crippen LogP contribution in [0, 0.1) is 17.8 Å². The van der Waals surface area contributed by atoms with Gasteiger partial charge in [0.25, 0.3) is 0 Å². The van der Waals surface area contributed by atoms with E-state index >= 15 is 0 Å². The first-order valence-electron chi connectivity index (χ1n) is 5.63. The van der Waals surface area contributed by atoms with Crippen LogP contribution in [0.3, 0.4) is 0 Å². The van der Waals surface area contributed by atoms with Crippen molar-refractivity contribution in [2.24, 2.45) is 5.92 Å². The van der Waals surface area contributed by atoms with Crippen molar-refractivity contribution in [1.82, 2.24) is 4.90 Å². The molecule has 0 aromatic rings. The monoisotopic (exact) mass is 227 g/mol. The van der Waals surface area contributed by atoms with Crippen LogP contribution >= 0.6 is 0 Å². The molecular weight excluding hydrogens is 206 g/mol. The van der Waals surface area contributed by atoms with Crippen LogP contribution in [-0.4, -0.2) is 40.2 Å². The van der Waals surface area contributed by atoms with Crippen LogP contribution in [0.4, 0.5) is 0 Å². The minimum absolute atomic E-state index is 0.456. The highest BCUT2D eigenvalue weighted by Gasteiger charge is 2.20. The van der Waals surface area contributed by atoms with E-state index in [1.165, 1.54) is 0 Å². The average molecular weight is 227 g/mol. The molecule has 0 amide bonds. The molecule has 0 aliphatic carbocycles. The predicted molar refractivity (Wildman–Crippen MR) is 66.1 cm³/mol. The van der Waals surface area contributed by atoms with Gasteiger partial charge in [-0.2, -0.15) is 0 Å². The van der Waals surface area contributed by atoms with Gasteiger partial charge in [0.15, 0.2) is 0 Å². The van der Waals surface area contributed by atoms with Crippen LogP contribution in [0.1, 0.15) is 26.7 Å². The highest BCUT2D eigenvalue weighted by molar-refractivity contribution is 7.85. The van der Waals surface area contributed by atoms with Crippen LogP contribution in [0.5, 0.6) is 0 Å². The van der Waals surface area contributed by atoms with Gasteiger partial charge in [-0.1, -0.05) is 25.7 Å². The van der Waals surface area contributed by atoms with Gasteiger partial charge in [-0.3, -0.25) is 9.11 Å². The molecule has 15 heavy (non-hydrogen) atoms. The van der Waals surface area contributed by atoms with Gasteiger partial charge in [0.1, 0.15) is 0 Å². The van der Waals surface area contributed by atoms with E-state index in [0.29, 0.717) is 12.0 Å². The Morgan fingerprint density at radius 3 is 2.53 bits per heavy atom. The third-order valence-corrected chi connectivity index (χ3v) is 4.08. The van der Waals surface area contributed by atoms with Gasteiger partial charge in [-0.05, 0) is 19.9 Å². The molecule has 1 heterocycles. The standard InChI is InChI=1S/C12H21NOS/c1-11(2)5-4-8-13(3)12-6-9-15(14)10-7-12/h11-12H,6-10H2,1-3H3. The van der Waals surface area contributed by atoms with Crippen LogP contribution in [0.25, 0.3) is 0 Å². The summed E-state index contributed by atoms with van der Waals surface area (Å²) in [6.07, 6.45) is 2.12. The van der Waals surface area contributed by atoms with E-state index in [-0.39, 0.29) is 0 Å². The molecule has 1 aliphatic rings. The summed E-state index contributed by atoms with van der Waals surface area (Å²) in [5, 5.41) is 0. The molecule has 0 bridgehead atoms. The molecule has 1 rings (SSSR count). The molecule has 1 saturated heterocycles. The lowest BCUT2D eigenvalue weighted by atomic mass is 10.1. The molecule has 0 N–H and O–H groups in total. The molecule has 1 aliphatic heterocycles. The summed E-state index contributed by atoms with van der Waals surface area (Å²) in [4.78, 5) is 2.30. The van der Waals surface area contributed by atoms with Crippen LogP contribution < -0.4 is 0 Å². The maximum absolute atomic E-state index is 11.2. The van der Waals surface area contributed by atoms with Crippen molar-refractivity contribution in [3.63, 3.8) is 0 Å². The second kappa shape index (κ2) is 6.30. The molecule has 0 atom stereocenters. The Morgan fingerprint density at radius 1 is 1.40 bits per heavy atom. The Balaban J connectivity index is 2.32. The molecule has 0 spiro atoms. The number of rotatable bonds is 2. The summed E-state index contributed by atoms with van der Waals surface area (Å²) in [7, 11) is 1.57. The molecule has 2 nitrogen and oxygen atoms in total. The maximum atomic E-state index is 11.2. The minimum atomic E-state index is -0.553. The molecule has 0 aromatic carbocycles. The Hall–Kier alpha value is -0.330. The molecule has 3 heteroatoms. The third-order valence-electron chi connectivity index (χ3n) is 2.70. The zero-order valence-electron chi connectivity index (χ0n) is 9.95. The second-order valence-corrected chi connectivity index (χ2v) is 6.17. The number of hydrogen-bond donors (Lipinski definition) is 0. The quantitative estimate of drug-likeness (QED) is 0.666. The zero-order chi connectivity index (χ0) is 11.3. The van der Waals surface area contributed by atoms with Crippen molar-refractivity contribution in [3.8, 4) is 11.8 Å². The summed E-state index contributed by atoms with van der Waals surface area (Å²) < 4.78 is 11.2. The van der Waals surface area contributed by atoms with E-state index < -0.39 is 10.8 Å². The van der Waals surface area contributed by atoms with Crippen LogP contribution in [0.15, 0.2) is 0 Å². The fourth-order valence-electron chi connectivity index (χ4n) is 1.73. The van der Waals surface area contributed by atoms with E-state index in [2.05, 4.69) is 37.6 Å². The van der Waals surface area contributed by atoms with Crippen molar-refractivity contribution < 1.29 is 4.21 Å². The van der Waals surface area contributed by atoms with E-state index in [1.807, 2.05) is 0 Å². The lowest BCUT2D eigenvalue weighted by molar-refractivity contribution is 0.254. The van der Waals surface area contributed by atoms with Gasteiger partial charge in [-0.25, -0.2) is 0 Å². The van der Waals surface area contributed by atoms with Gasteiger partial charge in [0, 0.05) is 34.3 Å². The Labute approximate surface area is 95.9 Å². The van der Waals surface area contributed by atoms with Crippen molar-refractivity contribution in [2.75, 3.05) is 25.1 Å². The maximum Gasteiger partial charge on any atom is 0.0601 e. The van der Waals surface area contributed by atoms with Crippen molar-refractivity contribution >= 4 is 10.8 Å². The smallest absolute Gasteiger partial charge is 0.0601 e. The van der Waals surface area contributed by atoms with Crippen LogP contribution in [0.2, 0.25) is 0 Å². The first-order chi connectivity index (χ1) is 7.09. The molecule has 0 unspecified atom stereocenters. The SMILES string of the molecule is CC(C)C#CCN(C)C1CCS(=O)CC1. The predicted octanol–water partition coefficient (Wildman–Crippen LogP) is 1.49. The molecular formula is C12H21NOS. The highest BCUT2D eigenvalue weighted by atomic mass is 32.2. The van der Waals surface area contributed by atoms with Gasteiger partial charge in [-0.15, -0.1) is 0 Å². The molecule has 1 fully saturated rings. The average Bonchev–Trinajstić information content (AvgIpc) is 2.18. The fraction of sp³-hybridized carbons (Fsp3) is 0.833. The Morgan fingerprint density at radius 2 is 2.00 bits per heavy atom. The highest BCUT2D eigenvalue weighted by Crippen LogP contribution is 2.14. The largest absolute Gasteiger partial charge is 0.292 e. The lowest BCUT2D eigenvalue weighted by Crippen LogP contribution is -2.37. The van der Waals surface area contributed by atoms with Crippen molar-refractivity contribution in [1.29, 1.82) is 0 Å². The molecule has 0 radical (unpaired) electrons. The van der Waals surface area contributed by atoms with Crippen molar-refractivity contribution in [3.05, 3.63) is 0 Å². The van der Waals surface area contributed by atoms with E-state index in [9.17, 15) is 4.21 Å². The Kier molecular flexibility index (Phi) is 5.35. The van der Waals surface area contributed by atoms with Crippen LogP contribution in [-0.2, 0) is 10.8 Å². The summed E-state index contributed by atoms with van der Waals surface area (Å²) in [6.45, 7) is 5.06. The molecule has 0 saturated carbocycles. The fourth-order valence-corrected chi connectivity index (χ4v) is 3.00. The molecule has 86 valence electrons. The van der Waals surface area contributed by atoms with E-state index in [4.69, 9.17) is 0 Å². The lowest BCUT2D eigenvalue weighted by Gasteiger charge is -2.29. The first kappa shape index (κ1) is 12.7. The number of hydrogen-bond acceptors (Lipinski definition) is 2. The minimum Gasteiger partial charge on any atom is -0.292 e. The molecule has 0 aromatic heterocycles. The zero-order valence-corrected chi connectivity index (χ0v) is 10.8. The normalized spacial score (nSPS) is 26.5. The van der Waals surface area contributed by atoms with Gasteiger partial charge >= 0.3 is 0 Å². The van der Waals surface area contributed by atoms with Gasteiger partial charge in [0.05, 0.1) is 6.54 Å². The van der Waals surface area contributed by atoms with Crippen molar-refractivity contribution in [2.45, 2.75) is 32.7 Å².